The number of ether oxygens (including phenoxy) is 2. The molecular weight excluding hydrogens is 584 g/mol. The number of hydrogen-bond acceptors (Lipinski definition) is 9. The summed E-state index contributed by atoms with van der Waals surface area (Å²) in [6.07, 6.45) is 0. The molecule has 0 aromatic carbocycles. The number of esters is 2. The van der Waals surface area contributed by atoms with E-state index in [4.69, 9.17) is 25.5 Å². The van der Waals surface area contributed by atoms with E-state index >= 15 is 0 Å². The monoisotopic (exact) mass is 628 g/mol. The van der Waals surface area contributed by atoms with Gasteiger partial charge in [-0.25, -0.2) is 33.6 Å². The van der Waals surface area contributed by atoms with Gasteiger partial charge < -0.3 is 35.0 Å². The molecule has 0 amide bonds. The maximum Gasteiger partial charge on any atom is 0.333 e. The minimum atomic E-state index is -0.935. The minimum Gasteiger partial charge on any atom is -0.478 e. The van der Waals surface area contributed by atoms with Gasteiger partial charge in [-0.15, -0.1) is 0 Å². The molecule has 0 aromatic heterocycles. The van der Waals surface area contributed by atoms with Crippen LogP contribution in [0.4, 0.5) is 0 Å². The van der Waals surface area contributed by atoms with E-state index in [0.717, 1.165) is 0 Å². The Morgan fingerprint density at radius 3 is 0.545 bits per heavy atom. The van der Waals surface area contributed by atoms with Crippen molar-refractivity contribution in [2.24, 2.45) is 0 Å². The average molecular weight is 629 g/mol. The van der Waals surface area contributed by atoms with Gasteiger partial charge in [0, 0.05) is 39.0 Å². The van der Waals surface area contributed by atoms with Crippen LogP contribution in [0, 0.1) is 0 Å². The summed E-state index contributed by atoms with van der Waals surface area (Å²) in [6.45, 7) is 33.0. The summed E-state index contributed by atoms with van der Waals surface area (Å²) < 4.78 is 9.38. The van der Waals surface area contributed by atoms with Crippen molar-refractivity contribution in [1.82, 2.24) is 0 Å². The van der Waals surface area contributed by atoms with E-state index in [0.29, 0.717) is 11.1 Å². The van der Waals surface area contributed by atoms with Crippen LogP contribution in [0.15, 0.2) is 85.1 Å². The topological polar surface area (TPSA) is 239 Å². The molecule has 0 aliphatic rings. The number of hydrogen-bond donors (Lipinski definition) is 5. The van der Waals surface area contributed by atoms with Gasteiger partial charge in [0.25, 0.3) is 0 Å². The van der Waals surface area contributed by atoms with E-state index in [1.165, 1.54) is 34.6 Å². The van der Waals surface area contributed by atoms with Gasteiger partial charge in [-0.05, 0) is 48.5 Å². The highest BCUT2D eigenvalue weighted by atomic mass is 16.6. The van der Waals surface area contributed by atoms with Crippen LogP contribution in [0.5, 0.6) is 0 Å². The van der Waals surface area contributed by atoms with Crippen molar-refractivity contribution in [3.63, 3.8) is 0 Å². The summed E-state index contributed by atoms with van der Waals surface area (Å²) in [5, 5.41) is 39.5. The van der Waals surface area contributed by atoms with Crippen LogP contribution in [0.25, 0.3) is 0 Å². The summed E-state index contributed by atoms with van der Waals surface area (Å²) in [6, 6.07) is 0. The first kappa shape index (κ1) is 51.2. The first-order valence-electron chi connectivity index (χ1n) is 11.8. The molecule has 0 heterocycles. The van der Waals surface area contributed by atoms with Gasteiger partial charge in [0.2, 0.25) is 0 Å². The molecule has 14 nitrogen and oxygen atoms in total. The zero-order valence-electron chi connectivity index (χ0n) is 26.3. The van der Waals surface area contributed by atoms with Gasteiger partial charge in [0.15, 0.2) is 0 Å². The summed E-state index contributed by atoms with van der Waals surface area (Å²) in [7, 11) is 0. The first-order chi connectivity index (χ1) is 19.7. The molecule has 0 saturated heterocycles. The molecule has 0 aromatic rings. The molecule has 0 unspecified atom stereocenters. The normalized spacial score (nSPS) is 7.98. The van der Waals surface area contributed by atoms with Crippen LogP contribution < -0.4 is 0 Å². The number of carboxylic acid groups (broad SMARTS) is 5. The molecule has 0 fully saturated rings. The Bertz CT molecular complexity index is 893. The summed E-state index contributed by atoms with van der Waals surface area (Å²) in [4.78, 5) is 69.7. The van der Waals surface area contributed by atoms with Crippen molar-refractivity contribution in [3.8, 4) is 0 Å². The van der Waals surface area contributed by atoms with Crippen molar-refractivity contribution < 1.29 is 68.6 Å². The van der Waals surface area contributed by atoms with Crippen LogP contribution >= 0.6 is 0 Å². The van der Waals surface area contributed by atoms with Crippen LogP contribution in [0.3, 0.4) is 0 Å². The quantitative estimate of drug-likeness (QED) is 0.127. The summed E-state index contributed by atoms with van der Waals surface area (Å²) >= 11 is 0. The van der Waals surface area contributed by atoms with Crippen LogP contribution in [0.2, 0.25) is 0 Å². The zero-order valence-corrected chi connectivity index (χ0v) is 26.3. The smallest absolute Gasteiger partial charge is 0.333 e. The van der Waals surface area contributed by atoms with E-state index < -0.39 is 41.8 Å². The zero-order chi connectivity index (χ0) is 36.9. The van der Waals surface area contributed by atoms with Gasteiger partial charge >= 0.3 is 41.8 Å². The van der Waals surface area contributed by atoms with Crippen molar-refractivity contribution in [1.29, 1.82) is 0 Å². The lowest BCUT2D eigenvalue weighted by Gasteiger charge is -2.05. The van der Waals surface area contributed by atoms with Crippen molar-refractivity contribution >= 4 is 41.8 Å². The molecular formula is C30H44O14. The Kier molecular flexibility index (Phi) is 35.4. The Labute approximate surface area is 257 Å². The Hall–Kier alpha value is -5.53. The van der Waals surface area contributed by atoms with E-state index in [-0.39, 0.29) is 41.1 Å². The molecule has 0 spiro atoms. The fourth-order valence-electron chi connectivity index (χ4n) is 0.515. The standard InChI is InChI=1S/C10H14O4.5C4H6O2/c1-7(2)9(11)13-5-6-14-10(12)8(3)4;5*1-3(2)4(5)6/h1,3,5-6H2,2,4H3;5*1H2,2H3,(H,5,6). The Balaban J connectivity index is -0.000000104. The minimum absolute atomic E-state index is 0.0325. The largest absolute Gasteiger partial charge is 0.478 e. The van der Waals surface area contributed by atoms with Crippen LogP contribution in [-0.4, -0.2) is 80.5 Å². The van der Waals surface area contributed by atoms with E-state index in [1.54, 1.807) is 13.8 Å². The van der Waals surface area contributed by atoms with E-state index in [9.17, 15) is 33.6 Å². The van der Waals surface area contributed by atoms with Crippen LogP contribution in [0.1, 0.15) is 48.5 Å². The molecule has 0 aliphatic carbocycles. The number of aliphatic carboxylic acids is 5. The Morgan fingerprint density at radius 1 is 0.364 bits per heavy atom. The molecule has 5 N–H and O–H groups in total. The molecule has 0 rings (SSSR count). The van der Waals surface area contributed by atoms with Crippen molar-refractivity contribution in [2.45, 2.75) is 48.5 Å². The molecule has 0 aliphatic heterocycles. The van der Waals surface area contributed by atoms with Gasteiger partial charge in [0.1, 0.15) is 13.2 Å². The van der Waals surface area contributed by atoms with Crippen LogP contribution in [-0.2, 0) is 43.0 Å². The highest BCUT2D eigenvalue weighted by Crippen LogP contribution is 1.94. The Morgan fingerprint density at radius 2 is 0.477 bits per heavy atom. The fraction of sp³-hybridized carbons (Fsp3) is 0.300. The first-order valence-corrected chi connectivity index (χ1v) is 11.8. The third kappa shape index (κ3) is 52.8. The number of carbonyl (C=O) groups excluding carboxylic acids is 2. The molecule has 248 valence electrons. The lowest BCUT2D eigenvalue weighted by atomic mass is 10.4. The molecule has 14 heteroatoms. The lowest BCUT2D eigenvalue weighted by molar-refractivity contribution is -0.147. The van der Waals surface area contributed by atoms with Gasteiger partial charge in [0.05, 0.1) is 0 Å². The van der Waals surface area contributed by atoms with E-state index in [1.807, 2.05) is 0 Å². The second-order valence-corrected chi connectivity index (χ2v) is 8.26. The highest BCUT2D eigenvalue weighted by Gasteiger charge is 2.05. The molecule has 0 saturated carbocycles. The number of carbonyl (C=O) groups is 7. The number of carboxylic acids is 5. The molecule has 0 bridgehead atoms. The SMILES string of the molecule is C=C(C)C(=O)O.C=C(C)C(=O)O.C=C(C)C(=O)O.C=C(C)C(=O)O.C=C(C)C(=O)O.C=C(C)C(=O)OCCOC(=O)C(=C)C. The third-order valence-electron chi connectivity index (χ3n) is 3.07. The maximum absolute atomic E-state index is 10.8. The second kappa shape index (κ2) is 30.4. The highest BCUT2D eigenvalue weighted by molar-refractivity contribution is 5.88. The van der Waals surface area contributed by atoms with Gasteiger partial charge in [-0.2, -0.15) is 0 Å². The molecule has 0 radical (unpaired) electrons. The maximum atomic E-state index is 10.8. The van der Waals surface area contributed by atoms with Crippen molar-refractivity contribution in [3.05, 3.63) is 85.1 Å². The predicted molar refractivity (Wildman–Crippen MR) is 164 cm³/mol. The molecule has 0 atom stereocenters. The summed E-state index contributed by atoms with van der Waals surface area (Å²) in [5.74, 6) is -5.65. The van der Waals surface area contributed by atoms with Crippen molar-refractivity contribution in [2.75, 3.05) is 13.2 Å². The predicted octanol–water partition coefficient (Wildman–Crippen LogP) is 4.46. The number of rotatable bonds is 10. The second-order valence-electron chi connectivity index (χ2n) is 8.26. The molecule has 44 heavy (non-hydrogen) atoms. The van der Waals surface area contributed by atoms with Gasteiger partial charge in [-0.3, -0.25) is 0 Å². The average Bonchev–Trinajstić information content (AvgIpc) is 2.87. The third-order valence-corrected chi connectivity index (χ3v) is 3.07. The fourth-order valence-corrected chi connectivity index (χ4v) is 0.515. The lowest BCUT2D eigenvalue weighted by Crippen LogP contribution is -2.14. The van der Waals surface area contributed by atoms with Gasteiger partial charge in [-0.1, -0.05) is 46.1 Å². The van der Waals surface area contributed by atoms with E-state index in [2.05, 4.69) is 55.5 Å². The summed E-state index contributed by atoms with van der Waals surface area (Å²) in [5.41, 5.74) is 1.51.